The molecule has 26 heavy (non-hydrogen) atoms. The number of pyridine rings is 1. The standard InChI is InChI=1S/C21H30N2O3/c1-16-2-5-18(12-22-16)20(24)23-9-6-21(7-10-23)8-11-25-14-19(21)15-26-13-17-3-4-17/h2,5,12,17,19H,3-4,6-11,13-15H2,1H3. The van der Waals surface area contributed by atoms with Crippen molar-refractivity contribution in [1.82, 2.24) is 9.88 Å². The number of nitrogens with zero attached hydrogens (tertiary/aromatic N) is 2. The van der Waals surface area contributed by atoms with Crippen LogP contribution in [0.25, 0.3) is 0 Å². The minimum Gasteiger partial charge on any atom is -0.381 e. The van der Waals surface area contributed by atoms with E-state index >= 15 is 0 Å². The highest BCUT2D eigenvalue weighted by atomic mass is 16.5. The molecule has 3 heterocycles. The first-order valence-electron chi connectivity index (χ1n) is 10.0. The monoisotopic (exact) mass is 358 g/mol. The summed E-state index contributed by atoms with van der Waals surface area (Å²) in [6.07, 6.45) is 7.57. The number of piperidine rings is 1. The van der Waals surface area contributed by atoms with Crippen molar-refractivity contribution in [3.63, 3.8) is 0 Å². The fraction of sp³-hybridized carbons (Fsp3) is 0.714. The third-order valence-electron chi connectivity index (χ3n) is 6.50. The van der Waals surface area contributed by atoms with E-state index in [0.29, 0.717) is 11.5 Å². The summed E-state index contributed by atoms with van der Waals surface area (Å²) in [5.74, 6) is 1.38. The summed E-state index contributed by atoms with van der Waals surface area (Å²) >= 11 is 0. The van der Waals surface area contributed by atoms with Crippen LogP contribution in [-0.2, 0) is 9.47 Å². The van der Waals surface area contributed by atoms with Gasteiger partial charge >= 0.3 is 0 Å². The molecule has 2 saturated heterocycles. The van der Waals surface area contributed by atoms with Gasteiger partial charge in [-0.25, -0.2) is 0 Å². The van der Waals surface area contributed by atoms with E-state index in [2.05, 4.69) is 4.98 Å². The lowest BCUT2D eigenvalue weighted by Crippen LogP contribution is -2.50. The predicted molar refractivity (Wildman–Crippen MR) is 99.0 cm³/mol. The lowest BCUT2D eigenvalue weighted by atomic mass is 9.66. The highest BCUT2D eigenvalue weighted by Crippen LogP contribution is 2.45. The molecule has 1 aromatic rings. The van der Waals surface area contributed by atoms with Crippen LogP contribution in [0, 0.1) is 24.2 Å². The van der Waals surface area contributed by atoms with Crippen LogP contribution < -0.4 is 0 Å². The van der Waals surface area contributed by atoms with E-state index in [4.69, 9.17) is 9.47 Å². The van der Waals surface area contributed by atoms with Crippen molar-refractivity contribution in [2.75, 3.05) is 39.5 Å². The highest BCUT2D eigenvalue weighted by molar-refractivity contribution is 5.94. The third-order valence-corrected chi connectivity index (χ3v) is 6.50. The second-order valence-electron chi connectivity index (χ2n) is 8.35. The number of aromatic nitrogens is 1. The number of hydrogen-bond acceptors (Lipinski definition) is 4. The zero-order chi connectivity index (χ0) is 18.0. The fourth-order valence-corrected chi connectivity index (χ4v) is 4.36. The lowest BCUT2D eigenvalue weighted by Gasteiger charge is -2.49. The molecule has 1 saturated carbocycles. The fourth-order valence-electron chi connectivity index (χ4n) is 4.36. The van der Waals surface area contributed by atoms with Crippen LogP contribution in [-0.4, -0.2) is 55.3 Å². The van der Waals surface area contributed by atoms with Gasteiger partial charge in [0.2, 0.25) is 0 Å². The summed E-state index contributed by atoms with van der Waals surface area (Å²) in [7, 11) is 0. The van der Waals surface area contributed by atoms with Crippen molar-refractivity contribution >= 4 is 5.91 Å². The number of hydrogen-bond donors (Lipinski definition) is 0. The molecule has 0 aromatic carbocycles. The van der Waals surface area contributed by atoms with Gasteiger partial charge in [-0.2, -0.15) is 0 Å². The number of aryl methyl sites for hydroxylation is 1. The van der Waals surface area contributed by atoms with Gasteiger partial charge in [0.25, 0.3) is 5.91 Å². The van der Waals surface area contributed by atoms with Crippen molar-refractivity contribution < 1.29 is 14.3 Å². The van der Waals surface area contributed by atoms with Crippen molar-refractivity contribution in [2.45, 2.75) is 39.0 Å². The Morgan fingerprint density at radius 2 is 2.08 bits per heavy atom. The Kier molecular flexibility index (Phi) is 5.28. The van der Waals surface area contributed by atoms with E-state index in [1.54, 1.807) is 6.20 Å². The minimum atomic E-state index is 0.112. The first kappa shape index (κ1) is 17.9. The summed E-state index contributed by atoms with van der Waals surface area (Å²) < 4.78 is 11.8. The van der Waals surface area contributed by atoms with Gasteiger partial charge in [-0.05, 0) is 62.5 Å². The maximum Gasteiger partial charge on any atom is 0.255 e. The normalized spacial score (nSPS) is 25.4. The van der Waals surface area contributed by atoms with Gasteiger partial charge < -0.3 is 14.4 Å². The maximum atomic E-state index is 12.8. The van der Waals surface area contributed by atoms with Gasteiger partial charge in [0, 0.05) is 44.1 Å². The minimum absolute atomic E-state index is 0.112. The van der Waals surface area contributed by atoms with Gasteiger partial charge in [-0.3, -0.25) is 9.78 Å². The average Bonchev–Trinajstić information content (AvgIpc) is 3.49. The summed E-state index contributed by atoms with van der Waals surface area (Å²) in [6.45, 7) is 6.96. The zero-order valence-electron chi connectivity index (χ0n) is 15.8. The Morgan fingerprint density at radius 1 is 1.27 bits per heavy atom. The quantitative estimate of drug-likeness (QED) is 0.812. The topological polar surface area (TPSA) is 51.7 Å². The molecule has 0 radical (unpaired) electrons. The SMILES string of the molecule is Cc1ccc(C(=O)N2CCC3(CCOCC3COCC3CC3)CC2)cn1. The Balaban J connectivity index is 1.35. The first-order valence-corrected chi connectivity index (χ1v) is 10.0. The second kappa shape index (κ2) is 7.65. The largest absolute Gasteiger partial charge is 0.381 e. The molecule has 0 N–H and O–H groups in total. The molecule has 1 unspecified atom stereocenters. The number of ether oxygens (including phenoxy) is 2. The first-order chi connectivity index (χ1) is 12.7. The molecule has 1 aliphatic carbocycles. The summed E-state index contributed by atoms with van der Waals surface area (Å²) in [5, 5.41) is 0. The molecule has 3 fully saturated rings. The molecule has 1 spiro atoms. The van der Waals surface area contributed by atoms with Gasteiger partial charge in [-0.1, -0.05) is 0 Å². The van der Waals surface area contributed by atoms with E-state index in [1.165, 1.54) is 12.8 Å². The molecule has 5 heteroatoms. The highest BCUT2D eigenvalue weighted by Gasteiger charge is 2.44. The molecule has 1 amide bonds. The predicted octanol–water partition coefficient (Wildman–Crippen LogP) is 3.08. The van der Waals surface area contributed by atoms with E-state index < -0.39 is 0 Å². The van der Waals surface area contributed by atoms with Crippen LogP contribution in [0.4, 0.5) is 0 Å². The van der Waals surface area contributed by atoms with Gasteiger partial charge in [0.15, 0.2) is 0 Å². The van der Waals surface area contributed by atoms with E-state index in [1.807, 2.05) is 24.0 Å². The van der Waals surface area contributed by atoms with Crippen LogP contribution in [0.5, 0.6) is 0 Å². The van der Waals surface area contributed by atoms with Crippen molar-refractivity contribution in [3.8, 4) is 0 Å². The molecule has 3 aliphatic rings. The summed E-state index contributed by atoms with van der Waals surface area (Å²) in [5.41, 5.74) is 1.92. The molecule has 2 aliphatic heterocycles. The van der Waals surface area contributed by atoms with Crippen molar-refractivity contribution in [2.24, 2.45) is 17.3 Å². The van der Waals surface area contributed by atoms with Crippen LogP contribution >= 0.6 is 0 Å². The molecule has 4 rings (SSSR count). The Bertz CT molecular complexity index is 619. The number of likely N-dealkylation sites (tertiary alicyclic amines) is 1. The lowest BCUT2D eigenvalue weighted by molar-refractivity contribution is -0.0975. The summed E-state index contributed by atoms with van der Waals surface area (Å²) in [6, 6.07) is 3.79. The average molecular weight is 358 g/mol. The second-order valence-corrected chi connectivity index (χ2v) is 8.35. The number of carbonyl (C=O) groups excluding carboxylic acids is 1. The van der Waals surface area contributed by atoms with Crippen LogP contribution in [0.1, 0.15) is 48.2 Å². The molecule has 5 nitrogen and oxygen atoms in total. The number of rotatable bonds is 5. The Hall–Kier alpha value is -1.46. The van der Waals surface area contributed by atoms with E-state index in [0.717, 1.165) is 70.4 Å². The van der Waals surface area contributed by atoms with Gasteiger partial charge in [0.05, 0.1) is 18.8 Å². The number of carbonyl (C=O) groups is 1. The van der Waals surface area contributed by atoms with Crippen LogP contribution in [0.2, 0.25) is 0 Å². The third kappa shape index (κ3) is 3.94. The van der Waals surface area contributed by atoms with E-state index in [9.17, 15) is 4.79 Å². The number of amides is 1. The van der Waals surface area contributed by atoms with Crippen LogP contribution in [0.3, 0.4) is 0 Å². The molecular formula is C21H30N2O3. The van der Waals surface area contributed by atoms with Crippen LogP contribution in [0.15, 0.2) is 18.3 Å². The van der Waals surface area contributed by atoms with Crippen molar-refractivity contribution in [1.29, 1.82) is 0 Å². The van der Waals surface area contributed by atoms with E-state index in [-0.39, 0.29) is 11.3 Å². The zero-order valence-corrected chi connectivity index (χ0v) is 15.8. The maximum absolute atomic E-state index is 12.8. The molecule has 142 valence electrons. The van der Waals surface area contributed by atoms with Gasteiger partial charge in [-0.15, -0.1) is 0 Å². The Labute approximate surface area is 156 Å². The van der Waals surface area contributed by atoms with Crippen molar-refractivity contribution in [3.05, 3.63) is 29.6 Å². The molecule has 1 atom stereocenters. The Morgan fingerprint density at radius 3 is 2.77 bits per heavy atom. The smallest absolute Gasteiger partial charge is 0.255 e. The van der Waals surface area contributed by atoms with Gasteiger partial charge in [0.1, 0.15) is 0 Å². The molecular weight excluding hydrogens is 328 g/mol. The molecule has 1 aromatic heterocycles. The molecule has 0 bridgehead atoms. The summed E-state index contributed by atoms with van der Waals surface area (Å²) in [4.78, 5) is 19.0.